The smallest absolute Gasteiger partial charge is 0.339 e. The quantitative estimate of drug-likeness (QED) is 0.870. The highest BCUT2D eigenvalue weighted by Crippen LogP contribution is 2.27. The van der Waals surface area contributed by atoms with Crippen LogP contribution in [0.4, 0.5) is 4.39 Å². The summed E-state index contributed by atoms with van der Waals surface area (Å²) in [7, 11) is 0. The number of hydrogen-bond donors (Lipinski definition) is 1. The van der Waals surface area contributed by atoms with Crippen LogP contribution < -0.4 is 0 Å². The lowest BCUT2D eigenvalue weighted by Gasteiger charge is -2.13. The highest BCUT2D eigenvalue weighted by molar-refractivity contribution is 9.10. The van der Waals surface area contributed by atoms with Gasteiger partial charge in [-0.2, -0.15) is 0 Å². The molecule has 94 valence electrons. The number of aliphatic hydroxyl groups is 1. The van der Waals surface area contributed by atoms with E-state index < -0.39 is 17.9 Å². The molecule has 1 atom stereocenters. The number of benzene rings is 1. The van der Waals surface area contributed by atoms with Crippen molar-refractivity contribution in [3.05, 3.63) is 33.5 Å². The highest BCUT2D eigenvalue weighted by Gasteiger charge is 2.23. The van der Waals surface area contributed by atoms with Crippen LogP contribution in [-0.2, 0) is 16.0 Å². The van der Waals surface area contributed by atoms with Crippen molar-refractivity contribution >= 4 is 21.9 Å². The molecule has 0 fully saturated rings. The number of ether oxygens (including phenoxy) is 1. The second kappa shape index (κ2) is 6.12. The molecule has 5 heteroatoms. The van der Waals surface area contributed by atoms with Crippen molar-refractivity contribution in [3.8, 4) is 0 Å². The molecular weight excluding hydrogens is 291 g/mol. The van der Waals surface area contributed by atoms with E-state index in [-0.39, 0.29) is 16.6 Å². The Morgan fingerprint density at radius 1 is 1.53 bits per heavy atom. The van der Waals surface area contributed by atoms with Crippen LogP contribution in [0.3, 0.4) is 0 Å². The maximum atomic E-state index is 13.8. The summed E-state index contributed by atoms with van der Waals surface area (Å²) in [6.07, 6.45) is -0.903. The minimum atomic E-state index is -1.59. The molecule has 17 heavy (non-hydrogen) atoms. The predicted molar refractivity (Wildman–Crippen MR) is 65.1 cm³/mol. The molecular formula is C12H14BrFO3. The summed E-state index contributed by atoms with van der Waals surface area (Å²) < 4.78 is 18.6. The zero-order valence-corrected chi connectivity index (χ0v) is 11.3. The third kappa shape index (κ3) is 3.26. The van der Waals surface area contributed by atoms with Gasteiger partial charge in [0, 0.05) is 5.56 Å². The molecule has 0 heterocycles. The fraction of sp³-hybridized carbons (Fsp3) is 0.417. The Balaban J connectivity index is 3.11. The Morgan fingerprint density at radius 2 is 2.18 bits per heavy atom. The van der Waals surface area contributed by atoms with Gasteiger partial charge in [-0.3, -0.25) is 0 Å². The van der Waals surface area contributed by atoms with Gasteiger partial charge < -0.3 is 9.84 Å². The lowest BCUT2D eigenvalue weighted by molar-refractivity contribution is -0.153. The van der Waals surface area contributed by atoms with Gasteiger partial charge in [-0.25, -0.2) is 9.18 Å². The molecule has 1 aromatic carbocycles. The number of carbonyl (C=O) groups is 1. The third-order valence-electron chi connectivity index (χ3n) is 2.33. The monoisotopic (exact) mass is 304 g/mol. The largest absolute Gasteiger partial charge is 0.464 e. The van der Waals surface area contributed by atoms with Crippen LogP contribution >= 0.6 is 15.9 Å². The van der Waals surface area contributed by atoms with E-state index in [1.165, 1.54) is 6.07 Å². The SMILES string of the molecule is CCOC(=O)C(O)c1cc(CC)cc(Br)c1F. The fourth-order valence-electron chi connectivity index (χ4n) is 1.42. The summed E-state index contributed by atoms with van der Waals surface area (Å²) >= 11 is 3.06. The second-order valence-corrected chi connectivity index (χ2v) is 4.34. The number of rotatable bonds is 4. The minimum Gasteiger partial charge on any atom is -0.464 e. The molecule has 0 aliphatic rings. The molecule has 0 radical (unpaired) electrons. The van der Waals surface area contributed by atoms with Gasteiger partial charge >= 0.3 is 5.97 Å². The Morgan fingerprint density at radius 3 is 2.71 bits per heavy atom. The number of hydrogen-bond acceptors (Lipinski definition) is 3. The fourth-order valence-corrected chi connectivity index (χ4v) is 1.94. The molecule has 0 saturated heterocycles. The van der Waals surface area contributed by atoms with Gasteiger partial charge in [0.25, 0.3) is 0 Å². The van der Waals surface area contributed by atoms with Gasteiger partial charge in [-0.05, 0) is 47.0 Å². The van der Waals surface area contributed by atoms with E-state index in [0.29, 0.717) is 6.42 Å². The van der Waals surface area contributed by atoms with E-state index >= 15 is 0 Å². The van der Waals surface area contributed by atoms with Crippen molar-refractivity contribution in [1.29, 1.82) is 0 Å². The second-order valence-electron chi connectivity index (χ2n) is 3.49. The first-order chi connectivity index (χ1) is 8.01. The van der Waals surface area contributed by atoms with Crippen LogP contribution in [0.25, 0.3) is 0 Å². The van der Waals surface area contributed by atoms with Crippen LogP contribution in [0, 0.1) is 5.82 Å². The first-order valence-corrected chi connectivity index (χ1v) is 6.13. The standard InChI is InChI=1S/C12H14BrFO3/c1-3-7-5-8(10(14)9(13)6-7)11(15)12(16)17-4-2/h5-6,11,15H,3-4H2,1-2H3. The molecule has 0 aromatic heterocycles. The van der Waals surface area contributed by atoms with E-state index in [1.54, 1.807) is 13.0 Å². The topological polar surface area (TPSA) is 46.5 Å². The summed E-state index contributed by atoms with van der Waals surface area (Å²) in [6, 6.07) is 3.10. The molecule has 0 aliphatic carbocycles. The van der Waals surface area contributed by atoms with Gasteiger partial charge in [0.15, 0.2) is 6.10 Å². The molecule has 1 rings (SSSR count). The number of aliphatic hydroxyl groups excluding tert-OH is 1. The van der Waals surface area contributed by atoms with Crippen LogP contribution in [0.2, 0.25) is 0 Å². The maximum Gasteiger partial charge on any atom is 0.339 e. The van der Waals surface area contributed by atoms with Gasteiger partial charge in [-0.15, -0.1) is 0 Å². The highest BCUT2D eigenvalue weighted by atomic mass is 79.9. The van der Waals surface area contributed by atoms with E-state index in [4.69, 9.17) is 0 Å². The van der Waals surface area contributed by atoms with Crippen LogP contribution in [-0.4, -0.2) is 17.7 Å². The molecule has 1 unspecified atom stereocenters. The van der Waals surface area contributed by atoms with E-state index in [2.05, 4.69) is 20.7 Å². The molecule has 0 saturated carbocycles. The lowest BCUT2D eigenvalue weighted by Crippen LogP contribution is -2.17. The van der Waals surface area contributed by atoms with E-state index in [9.17, 15) is 14.3 Å². The van der Waals surface area contributed by atoms with Gasteiger partial charge in [-0.1, -0.05) is 6.92 Å². The van der Waals surface area contributed by atoms with Crippen molar-refractivity contribution in [2.24, 2.45) is 0 Å². The molecule has 0 spiro atoms. The Kier molecular flexibility index (Phi) is 5.08. The average Bonchev–Trinajstić information content (AvgIpc) is 2.31. The van der Waals surface area contributed by atoms with Crippen molar-refractivity contribution < 1.29 is 19.0 Å². The predicted octanol–water partition coefficient (Wildman–Crippen LogP) is 2.75. The molecule has 3 nitrogen and oxygen atoms in total. The first kappa shape index (κ1) is 14.1. The van der Waals surface area contributed by atoms with Crippen molar-refractivity contribution in [2.45, 2.75) is 26.4 Å². The zero-order chi connectivity index (χ0) is 13.0. The first-order valence-electron chi connectivity index (χ1n) is 5.33. The normalized spacial score (nSPS) is 12.3. The Labute approximate surface area is 108 Å². The summed E-state index contributed by atoms with van der Waals surface area (Å²) in [5.41, 5.74) is 0.770. The van der Waals surface area contributed by atoms with E-state index in [0.717, 1.165) is 5.56 Å². The molecule has 0 bridgehead atoms. The van der Waals surface area contributed by atoms with Gasteiger partial charge in [0.2, 0.25) is 0 Å². The molecule has 1 aromatic rings. The number of aryl methyl sites for hydroxylation is 1. The van der Waals surface area contributed by atoms with E-state index in [1.807, 2.05) is 6.92 Å². The maximum absolute atomic E-state index is 13.8. The molecule has 0 amide bonds. The van der Waals surface area contributed by atoms with Gasteiger partial charge in [0.05, 0.1) is 11.1 Å². The summed E-state index contributed by atoms with van der Waals surface area (Å²) in [5, 5.41) is 9.71. The zero-order valence-electron chi connectivity index (χ0n) is 9.67. The van der Waals surface area contributed by atoms with Crippen molar-refractivity contribution in [1.82, 2.24) is 0 Å². The third-order valence-corrected chi connectivity index (χ3v) is 2.91. The molecule has 1 N–H and O–H groups in total. The Bertz CT molecular complexity index is 420. The Hall–Kier alpha value is -0.940. The number of carbonyl (C=O) groups excluding carboxylic acids is 1. The van der Waals surface area contributed by atoms with Crippen LogP contribution in [0.5, 0.6) is 0 Å². The lowest BCUT2D eigenvalue weighted by atomic mass is 10.0. The molecule has 0 aliphatic heterocycles. The van der Waals surface area contributed by atoms with Gasteiger partial charge in [0.1, 0.15) is 5.82 Å². The summed E-state index contributed by atoms with van der Waals surface area (Å²) in [4.78, 5) is 11.4. The van der Waals surface area contributed by atoms with Crippen LogP contribution in [0.15, 0.2) is 16.6 Å². The summed E-state index contributed by atoms with van der Waals surface area (Å²) in [6.45, 7) is 3.67. The number of halogens is 2. The number of esters is 1. The van der Waals surface area contributed by atoms with Crippen LogP contribution in [0.1, 0.15) is 31.1 Å². The summed E-state index contributed by atoms with van der Waals surface area (Å²) in [5.74, 6) is -1.48. The average molecular weight is 305 g/mol. The van der Waals surface area contributed by atoms with Crippen molar-refractivity contribution in [2.75, 3.05) is 6.61 Å². The van der Waals surface area contributed by atoms with Crippen molar-refractivity contribution in [3.63, 3.8) is 0 Å². The minimum absolute atomic E-state index is 0.0605.